The summed E-state index contributed by atoms with van der Waals surface area (Å²) in [6, 6.07) is 9.35. The number of hydrogen-bond acceptors (Lipinski definition) is 3. The van der Waals surface area contributed by atoms with E-state index in [1.807, 2.05) is 30.3 Å². The van der Waals surface area contributed by atoms with Crippen LogP contribution < -0.4 is 5.32 Å². The summed E-state index contributed by atoms with van der Waals surface area (Å²) in [6.45, 7) is 0.306. The van der Waals surface area contributed by atoms with Crippen LogP contribution in [0.1, 0.15) is 5.56 Å². The number of halogens is 1. The van der Waals surface area contributed by atoms with E-state index in [1.165, 1.54) is 0 Å². The van der Waals surface area contributed by atoms with Crippen LogP contribution in [0.25, 0.3) is 0 Å². The van der Waals surface area contributed by atoms with E-state index < -0.39 is 12.2 Å². The second-order valence-electron chi connectivity index (χ2n) is 3.25. The van der Waals surface area contributed by atoms with Crippen molar-refractivity contribution in [3.8, 4) is 0 Å². The van der Waals surface area contributed by atoms with Gasteiger partial charge < -0.3 is 15.2 Å². The van der Waals surface area contributed by atoms with Gasteiger partial charge in [-0.25, -0.2) is 4.79 Å². The Morgan fingerprint density at radius 1 is 1.44 bits per heavy atom. The van der Waals surface area contributed by atoms with Crippen molar-refractivity contribution in [2.24, 2.45) is 0 Å². The lowest BCUT2D eigenvalue weighted by Gasteiger charge is -2.09. The number of amides is 1. The molecular weight excluding hydrogens is 230 g/mol. The van der Waals surface area contributed by atoms with Crippen molar-refractivity contribution in [2.75, 3.05) is 12.4 Å². The number of ether oxygens (including phenoxy) is 1. The first kappa shape index (κ1) is 12.8. The van der Waals surface area contributed by atoms with Gasteiger partial charge in [-0.2, -0.15) is 0 Å². The van der Waals surface area contributed by atoms with Crippen molar-refractivity contribution >= 4 is 17.7 Å². The van der Waals surface area contributed by atoms with Gasteiger partial charge in [0.1, 0.15) is 6.61 Å². The van der Waals surface area contributed by atoms with Crippen molar-refractivity contribution in [3.05, 3.63) is 35.9 Å². The number of carbonyl (C=O) groups excluding carboxylic acids is 1. The number of nitrogens with one attached hydrogen (secondary N) is 1. The number of carbonyl (C=O) groups is 1. The average molecular weight is 244 g/mol. The maximum absolute atomic E-state index is 11.1. The minimum absolute atomic E-state index is 0.0823. The number of alkyl carbamates (subject to hydrolysis) is 1. The van der Waals surface area contributed by atoms with Crippen molar-refractivity contribution in [2.45, 2.75) is 12.7 Å². The molecule has 0 spiro atoms. The van der Waals surface area contributed by atoms with E-state index >= 15 is 0 Å². The van der Waals surface area contributed by atoms with Gasteiger partial charge >= 0.3 is 6.09 Å². The summed E-state index contributed by atoms with van der Waals surface area (Å²) in [5.74, 6) is 0.0823. The highest BCUT2D eigenvalue weighted by molar-refractivity contribution is 6.18. The van der Waals surface area contributed by atoms with Crippen LogP contribution in [0.2, 0.25) is 0 Å². The number of rotatable bonds is 5. The molecule has 0 bridgehead atoms. The highest BCUT2D eigenvalue weighted by Crippen LogP contribution is 2.00. The van der Waals surface area contributed by atoms with Crippen LogP contribution in [-0.2, 0) is 11.3 Å². The van der Waals surface area contributed by atoms with Gasteiger partial charge in [-0.1, -0.05) is 30.3 Å². The van der Waals surface area contributed by atoms with Crippen molar-refractivity contribution in [1.82, 2.24) is 5.32 Å². The van der Waals surface area contributed by atoms with E-state index in [1.54, 1.807) is 0 Å². The van der Waals surface area contributed by atoms with E-state index in [0.717, 1.165) is 5.56 Å². The predicted octanol–water partition coefficient (Wildman–Crippen LogP) is 1.51. The third-order valence-corrected chi connectivity index (χ3v) is 2.23. The minimum atomic E-state index is -0.744. The molecule has 0 heterocycles. The number of aliphatic hydroxyl groups excluding tert-OH is 1. The third kappa shape index (κ3) is 5.00. The number of alkyl halides is 1. The Labute approximate surface area is 99.2 Å². The molecule has 0 aliphatic carbocycles. The molecule has 1 aromatic rings. The van der Waals surface area contributed by atoms with Crippen LogP contribution in [0.3, 0.4) is 0 Å². The summed E-state index contributed by atoms with van der Waals surface area (Å²) in [5.41, 5.74) is 0.913. The van der Waals surface area contributed by atoms with E-state index in [4.69, 9.17) is 21.4 Å². The molecule has 0 fully saturated rings. The second kappa shape index (κ2) is 7.09. The molecule has 1 rings (SSSR count). The van der Waals surface area contributed by atoms with E-state index in [9.17, 15) is 4.79 Å². The van der Waals surface area contributed by atoms with Crippen LogP contribution in [0.5, 0.6) is 0 Å². The summed E-state index contributed by atoms with van der Waals surface area (Å²) >= 11 is 5.37. The van der Waals surface area contributed by atoms with Crippen molar-refractivity contribution in [1.29, 1.82) is 0 Å². The summed E-state index contributed by atoms with van der Waals surface area (Å²) in [6.07, 6.45) is -1.31. The molecule has 1 atom stereocenters. The molecule has 0 radical (unpaired) electrons. The maximum Gasteiger partial charge on any atom is 0.407 e. The van der Waals surface area contributed by atoms with Gasteiger partial charge in [-0.05, 0) is 5.56 Å². The van der Waals surface area contributed by atoms with Crippen molar-refractivity contribution < 1.29 is 14.6 Å². The van der Waals surface area contributed by atoms with Gasteiger partial charge in [-0.3, -0.25) is 0 Å². The number of benzene rings is 1. The molecule has 0 aliphatic rings. The molecule has 1 amide bonds. The Morgan fingerprint density at radius 2 is 2.12 bits per heavy atom. The minimum Gasteiger partial charge on any atom is -0.445 e. The van der Waals surface area contributed by atoms with Crippen LogP contribution in [-0.4, -0.2) is 29.7 Å². The lowest BCUT2D eigenvalue weighted by Crippen LogP contribution is -2.33. The number of aliphatic hydroxyl groups is 1. The van der Waals surface area contributed by atoms with Crippen LogP contribution >= 0.6 is 11.6 Å². The Kier molecular flexibility index (Phi) is 5.67. The first-order valence-electron chi connectivity index (χ1n) is 4.91. The summed E-state index contributed by atoms with van der Waals surface area (Å²) in [7, 11) is 0. The van der Waals surface area contributed by atoms with Crippen LogP contribution in [0, 0.1) is 0 Å². The van der Waals surface area contributed by atoms with E-state index in [-0.39, 0.29) is 19.0 Å². The summed E-state index contributed by atoms with van der Waals surface area (Å²) in [4.78, 5) is 11.1. The van der Waals surface area contributed by atoms with Gasteiger partial charge in [0.25, 0.3) is 0 Å². The zero-order valence-electron chi connectivity index (χ0n) is 8.73. The predicted molar refractivity (Wildman–Crippen MR) is 61.4 cm³/mol. The molecule has 16 heavy (non-hydrogen) atoms. The highest BCUT2D eigenvalue weighted by atomic mass is 35.5. The molecule has 0 aliphatic heterocycles. The monoisotopic (exact) mass is 243 g/mol. The maximum atomic E-state index is 11.1. The lowest BCUT2D eigenvalue weighted by molar-refractivity contribution is 0.129. The first-order chi connectivity index (χ1) is 7.72. The SMILES string of the molecule is O=C(NCC(O)CCl)OCc1ccccc1. The first-order valence-corrected chi connectivity index (χ1v) is 5.44. The molecule has 88 valence electrons. The fourth-order valence-electron chi connectivity index (χ4n) is 1.03. The molecule has 0 saturated heterocycles. The zero-order valence-corrected chi connectivity index (χ0v) is 9.48. The Hall–Kier alpha value is -1.26. The second-order valence-corrected chi connectivity index (χ2v) is 3.56. The van der Waals surface area contributed by atoms with Gasteiger partial charge in [-0.15, -0.1) is 11.6 Å². The normalized spacial score (nSPS) is 11.9. The molecule has 4 nitrogen and oxygen atoms in total. The van der Waals surface area contributed by atoms with E-state index in [0.29, 0.717) is 0 Å². The molecular formula is C11H14ClNO3. The summed E-state index contributed by atoms with van der Waals surface area (Å²) < 4.78 is 4.92. The van der Waals surface area contributed by atoms with Gasteiger partial charge in [0, 0.05) is 6.54 Å². The fourth-order valence-corrected chi connectivity index (χ4v) is 1.14. The Bertz CT molecular complexity index is 318. The lowest BCUT2D eigenvalue weighted by atomic mass is 10.2. The molecule has 0 aromatic heterocycles. The van der Waals surface area contributed by atoms with Crippen LogP contribution in [0.15, 0.2) is 30.3 Å². The topological polar surface area (TPSA) is 58.6 Å². The third-order valence-electron chi connectivity index (χ3n) is 1.87. The standard InChI is InChI=1S/C11H14ClNO3/c12-6-10(14)7-13-11(15)16-8-9-4-2-1-3-5-9/h1-5,10,14H,6-8H2,(H,13,15). The Balaban J connectivity index is 2.20. The molecule has 0 saturated carbocycles. The smallest absolute Gasteiger partial charge is 0.407 e. The zero-order chi connectivity index (χ0) is 11.8. The van der Waals surface area contributed by atoms with Crippen molar-refractivity contribution in [3.63, 3.8) is 0 Å². The molecule has 1 unspecified atom stereocenters. The quantitative estimate of drug-likeness (QED) is 0.771. The fraction of sp³-hybridized carbons (Fsp3) is 0.364. The molecule has 2 N–H and O–H groups in total. The molecule has 1 aromatic carbocycles. The highest BCUT2D eigenvalue weighted by Gasteiger charge is 2.06. The van der Waals surface area contributed by atoms with Gasteiger partial charge in [0.05, 0.1) is 12.0 Å². The van der Waals surface area contributed by atoms with Crippen LogP contribution in [0.4, 0.5) is 4.79 Å². The van der Waals surface area contributed by atoms with Gasteiger partial charge in [0.2, 0.25) is 0 Å². The largest absolute Gasteiger partial charge is 0.445 e. The average Bonchev–Trinajstić information content (AvgIpc) is 2.34. The van der Waals surface area contributed by atoms with Gasteiger partial charge in [0.15, 0.2) is 0 Å². The summed E-state index contributed by atoms with van der Waals surface area (Å²) in [5, 5.41) is 11.5. The van der Waals surface area contributed by atoms with E-state index in [2.05, 4.69) is 5.32 Å². The number of hydrogen-bond donors (Lipinski definition) is 2. The molecule has 5 heteroatoms. The Morgan fingerprint density at radius 3 is 2.75 bits per heavy atom.